The first-order valence-electron chi connectivity index (χ1n) is 4.00. The topological polar surface area (TPSA) is 42.2 Å². The smallest absolute Gasteiger partial charge is 0.221 e. The van der Waals surface area contributed by atoms with Crippen LogP contribution in [0.2, 0.25) is 0 Å². The highest BCUT2D eigenvalue weighted by molar-refractivity contribution is 6.00. The molecule has 0 aliphatic heterocycles. The molecule has 0 unspecified atom stereocenters. The predicted octanol–water partition coefficient (Wildman–Crippen LogP) is 2.39. The largest absolute Gasteiger partial charge is 0.471 e. The lowest BCUT2D eigenvalue weighted by Gasteiger charge is -2.01. The number of anilines is 1. The highest BCUT2D eigenvalue weighted by Crippen LogP contribution is 2.23. The molecule has 1 N–H and O–H groups in total. The summed E-state index contributed by atoms with van der Waals surface area (Å²) in [7, 11) is 0. The normalized spacial score (nSPS) is 10.2. The number of carbonyl (C=O) groups excluding carboxylic acids is 1. The van der Waals surface area contributed by atoms with E-state index in [0.717, 1.165) is 16.5 Å². The van der Waals surface area contributed by atoms with E-state index in [1.807, 2.05) is 18.2 Å². The van der Waals surface area contributed by atoms with Crippen molar-refractivity contribution < 1.29 is 9.21 Å². The second kappa shape index (κ2) is 2.94. The highest BCUT2D eigenvalue weighted by Gasteiger charge is 2.02. The SMILES string of the molecule is CC(=O)Nc1cccc2cocc12. The van der Waals surface area contributed by atoms with E-state index in [2.05, 4.69) is 5.32 Å². The Bertz CT molecular complexity index is 445. The minimum Gasteiger partial charge on any atom is -0.471 e. The maximum atomic E-state index is 10.8. The number of rotatable bonds is 1. The van der Waals surface area contributed by atoms with E-state index >= 15 is 0 Å². The third-order valence-corrected chi connectivity index (χ3v) is 1.83. The Kier molecular flexibility index (Phi) is 1.77. The van der Waals surface area contributed by atoms with Gasteiger partial charge in [0.05, 0.1) is 12.0 Å². The Balaban J connectivity index is 2.54. The van der Waals surface area contributed by atoms with E-state index in [1.165, 1.54) is 6.92 Å². The molecule has 0 saturated heterocycles. The molecule has 1 amide bonds. The zero-order valence-corrected chi connectivity index (χ0v) is 7.20. The molecule has 3 nitrogen and oxygen atoms in total. The van der Waals surface area contributed by atoms with Gasteiger partial charge in [-0.25, -0.2) is 0 Å². The average Bonchev–Trinajstić information content (AvgIpc) is 2.51. The first-order chi connectivity index (χ1) is 6.27. The molecule has 0 bridgehead atoms. The molecule has 2 aromatic rings. The van der Waals surface area contributed by atoms with Crippen molar-refractivity contribution in [2.24, 2.45) is 0 Å². The summed E-state index contributed by atoms with van der Waals surface area (Å²) < 4.78 is 5.04. The van der Waals surface area contributed by atoms with Crippen LogP contribution in [0.25, 0.3) is 10.8 Å². The van der Waals surface area contributed by atoms with Gasteiger partial charge in [0.15, 0.2) is 0 Å². The monoisotopic (exact) mass is 175 g/mol. The third kappa shape index (κ3) is 1.40. The molecule has 0 atom stereocenters. The van der Waals surface area contributed by atoms with Crippen molar-refractivity contribution in [2.45, 2.75) is 6.92 Å². The Morgan fingerprint density at radius 3 is 3.00 bits per heavy atom. The van der Waals surface area contributed by atoms with Crippen LogP contribution in [-0.4, -0.2) is 5.91 Å². The van der Waals surface area contributed by atoms with Crippen molar-refractivity contribution in [3.05, 3.63) is 30.7 Å². The van der Waals surface area contributed by atoms with Crippen LogP contribution in [0, 0.1) is 0 Å². The van der Waals surface area contributed by atoms with Gasteiger partial charge in [0.1, 0.15) is 6.26 Å². The zero-order chi connectivity index (χ0) is 9.26. The molecule has 1 aromatic carbocycles. The van der Waals surface area contributed by atoms with E-state index < -0.39 is 0 Å². The van der Waals surface area contributed by atoms with Crippen molar-refractivity contribution in [3.63, 3.8) is 0 Å². The van der Waals surface area contributed by atoms with E-state index in [9.17, 15) is 4.79 Å². The quantitative estimate of drug-likeness (QED) is 0.723. The van der Waals surface area contributed by atoms with Gasteiger partial charge in [-0.15, -0.1) is 0 Å². The molecular weight excluding hydrogens is 166 g/mol. The summed E-state index contributed by atoms with van der Waals surface area (Å²) >= 11 is 0. The van der Waals surface area contributed by atoms with Gasteiger partial charge in [0.25, 0.3) is 0 Å². The number of carbonyl (C=O) groups is 1. The Morgan fingerprint density at radius 1 is 1.38 bits per heavy atom. The lowest BCUT2D eigenvalue weighted by atomic mass is 10.2. The van der Waals surface area contributed by atoms with Crippen molar-refractivity contribution in [1.29, 1.82) is 0 Å². The van der Waals surface area contributed by atoms with Crippen molar-refractivity contribution in [2.75, 3.05) is 5.32 Å². The first-order valence-corrected chi connectivity index (χ1v) is 4.00. The summed E-state index contributed by atoms with van der Waals surface area (Å²) in [4.78, 5) is 10.8. The average molecular weight is 175 g/mol. The number of hydrogen-bond acceptors (Lipinski definition) is 2. The van der Waals surface area contributed by atoms with Gasteiger partial charge < -0.3 is 9.73 Å². The van der Waals surface area contributed by atoms with Crippen LogP contribution in [0.15, 0.2) is 35.1 Å². The molecule has 0 saturated carbocycles. The lowest BCUT2D eigenvalue weighted by molar-refractivity contribution is -0.114. The summed E-state index contributed by atoms with van der Waals surface area (Å²) in [5, 5.41) is 4.66. The van der Waals surface area contributed by atoms with Crippen LogP contribution in [-0.2, 0) is 4.79 Å². The van der Waals surface area contributed by atoms with Crippen molar-refractivity contribution in [3.8, 4) is 0 Å². The van der Waals surface area contributed by atoms with E-state index in [4.69, 9.17) is 4.42 Å². The lowest BCUT2D eigenvalue weighted by Crippen LogP contribution is -2.05. The Hall–Kier alpha value is -1.77. The standard InChI is InChI=1S/C10H9NO2/c1-7(12)11-10-4-2-3-8-5-13-6-9(8)10/h2-6H,1H3,(H,11,12). The minimum absolute atomic E-state index is 0.0753. The number of fused-ring (bicyclic) bond motifs is 1. The summed E-state index contributed by atoms with van der Waals surface area (Å²) in [6.07, 6.45) is 3.28. The molecule has 0 aliphatic rings. The summed E-state index contributed by atoms with van der Waals surface area (Å²) in [6.45, 7) is 1.49. The van der Waals surface area contributed by atoms with Crippen LogP contribution < -0.4 is 5.32 Å². The fourth-order valence-corrected chi connectivity index (χ4v) is 1.29. The van der Waals surface area contributed by atoms with Crippen LogP contribution >= 0.6 is 0 Å². The molecule has 13 heavy (non-hydrogen) atoms. The van der Waals surface area contributed by atoms with Gasteiger partial charge in [-0.05, 0) is 6.07 Å². The number of nitrogens with one attached hydrogen (secondary N) is 1. The number of furan rings is 1. The second-order valence-corrected chi connectivity index (χ2v) is 2.86. The maximum absolute atomic E-state index is 10.8. The first kappa shape index (κ1) is 7.86. The molecule has 2 rings (SSSR count). The number of amides is 1. The van der Waals surface area contributed by atoms with E-state index in [0.29, 0.717) is 0 Å². The molecule has 0 aliphatic carbocycles. The van der Waals surface area contributed by atoms with Crippen LogP contribution in [0.5, 0.6) is 0 Å². The third-order valence-electron chi connectivity index (χ3n) is 1.83. The van der Waals surface area contributed by atoms with Crippen molar-refractivity contribution >= 4 is 22.4 Å². The second-order valence-electron chi connectivity index (χ2n) is 2.86. The number of hydrogen-bond donors (Lipinski definition) is 1. The molecule has 0 spiro atoms. The molecule has 0 radical (unpaired) electrons. The fraction of sp³-hybridized carbons (Fsp3) is 0.100. The van der Waals surface area contributed by atoms with Gasteiger partial charge in [-0.1, -0.05) is 12.1 Å². The molecule has 1 aromatic heterocycles. The van der Waals surface area contributed by atoms with E-state index in [1.54, 1.807) is 12.5 Å². The van der Waals surface area contributed by atoms with Gasteiger partial charge in [-0.2, -0.15) is 0 Å². The van der Waals surface area contributed by atoms with Gasteiger partial charge in [0.2, 0.25) is 5.91 Å². The summed E-state index contributed by atoms with van der Waals surface area (Å²) in [5.74, 6) is -0.0753. The zero-order valence-electron chi connectivity index (χ0n) is 7.20. The fourth-order valence-electron chi connectivity index (χ4n) is 1.29. The minimum atomic E-state index is -0.0753. The van der Waals surface area contributed by atoms with Crippen LogP contribution in [0.4, 0.5) is 5.69 Å². The predicted molar refractivity (Wildman–Crippen MR) is 50.5 cm³/mol. The highest BCUT2D eigenvalue weighted by atomic mass is 16.3. The van der Waals surface area contributed by atoms with Crippen molar-refractivity contribution in [1.82, 2.24) is 0 Å². The Morgan fingerprint density at radius 2 is 2.23 bits per heavy atom. The van der Waals surface area contributed by atoms with Gasteiger partial charge >= 0.3 is 0 Å². The number of benzene rings is 1. The molecular formula is C10H9NO2. The maximum Gasteiger partial charge on any atom is 0.221 e. The van der Waals surface area contributed by atoms with Gasteiger partial charge in [0, 0.05) is 17.7 Å². The molecule has 3 heteroatoms. The summed E-state index contributed by atoms with van der Waals surface area (Å²) in [6, 6.07) is 5.66. The van der Waals surface area contributed by atoms with E-state index in [-0.39, 0.29) is 5.91 Å². The molecule has 1 heterocycles. The molecule has 0 fully saturated rings. The molecule has 66 valence electrons. The summed E-state index contributed by atoms with van der Waals surface area (Å²) in [5.41, 5.74) is 0.791. The van der Waals surface area contributed by atoms with Gasteiger partial charge in [-0.3, -0.25) is 4.79 Å². The Labute approximate surface area is 75.3 Å². The van der Waals surface area contributed by atoms with Crippen LogP contribution in [0.3, 0.4) is 0 Å². The van der Waals surface area contributed by atoms with Crippen LogP contribution in [0.1, 0.15) is 6.92 Å².